The number of carboxylic acids is 1. The average molecular weight is 497 g/mol. The van der Waals surface area contributed by atoms with Gasteiger partial charge in [0.1, 0.15) is 0 Å². The Morgan fingerprint density at radius 2 is 1.56 bits per heavy atom. The van der Waals surface area contributed by atoms with Crippen LogP contribution in [0.5, 0.6) is 0 Å². The second-order valence-electron chi connectivity index (χ2n) is 9.03. The van der Waals surface area contributed by atoms with Crippen molar-refractivity contribution < 1.29 is 27.9 Å². The van der Waals surface area contributed by atoms with Crippen LogP contribution in [0.15, 0.2) is 72.8 Å². The molecule has 36 heavy (non-hydrogen) atoms. The molecule has 0 aromatic heterocycles. The van der Waals surface area contributed by atoms with Crippen molar-refractivity contribution in [2.45, 2.75) is 25.4 Å². The molecule has 0 saturated carbocycles. The van der Waals surface area contributed by atoms with Gasteiger partial charge in [-0.1, -0.05) is 30.3 Å². The van der Waals surface area contributed by atoms with E-state index in [0.29, 0.717) is 22.4 Å². The zero-order valence-corrected chi connectivity index (χ0v) is 19.8. The number of halogens is 3. The number of aliphatic carboxylic acids is 1. The number of hydrogen-bond acceptors (Lipinski definition) is 3. The minimum absolute atomic E-state index is 0.200. The van der Waals surface area contributed by atoms with Crippen LogP contribution in [0.25, 0.3) is 11.1 Å². The van der Waals surface area contributed by atoms with E-state index in [1.165, 1.54) is 17.0 Å². The summed E-state index contributed by atoms with van der Waals surface area (Å²) in [6, 6.07) is 19.3. The van der Waals surface area contributed by atoms with Gasteiger partial charge in [0.2, 0.25) is 0 Å². The first-order chi connectivity index (χ1) is 17.1. The fourth-order valence-electron chi connectivity index (χ4n) is 4.59. The lowest BCUT2D eigenvalue weighted by Gasteiger charge is -2.33. The van der Waals surface area contributed by atoms with Gasteiger partial charge in [-0.15, -0.1) is 0 Å². The molecule has 0 atom stereocenters. The molecule has 1 N–H and O–H groups in total. The minimum atomic E-state index is -4.42. The highest BCUT2D eigenvalue weighted by Crippen LogP contribution is 2.33. The fourth-order valence-corrected chi connectivity index (χ4v) is 4.59. The van der Waals surface area contributed by atoms with Gasteiger partial charge in [0, 0.05) is 43.5 Å². The molecule has 3 aromatic carbocycles. The van der Waals surface area contributed by atoms with Crippen molar-refractivity contribution in [1.29, 1.82) is 0 Å². The van der Waals surface area contributed by atoms with Crippen LogP contribution in [0.3, 0.4) is 0 Å². The van der Waals surface area contributed by atoms with Crippen molar-refractivity contribution in [1.82, 2.24) is 0 Å². The third-order valence-corrected chi connectivity index (χ3v) is 6.67. The standard InChI is InChI=1S/C28H27F3N2O3/c1-32(22-10-12-23(13-11-22)33-16-14-19(15-17-33)18-26(34)35)27(36)25-5-3-2-4-24(25)20-6-8-21(9-7-20)28(29,30)31/h2-13,19H,14-18H2,1H3,(H,34,35). The molecule has 4 rings (SSSR count). The second kappa shape index (κ2) is 10.4. The van der Waals surface area contributed by atoms with Gasteiger partial charge in [-0.25, -0.2) is 0 Å². The summed E-state index contributed by atoms with van der Waals surface area (Å²) in [4.78, 5) is 28.0. The van der Waals surface area contributed by atoms with Crippen LogP contribution in [0.1, 0.15) is 35.2 Å². The van der Waals surface area contributed by atoms with E-state index in [-0.39, 0.29) is 18.2 Å². The number of nitrogens with zero attached hydrogens (tertiary/aromatic N) is 2. The molecule has 0 unspecified atom stereocenters. The zero-order valence-electron chi connectivity index (χ0n) is 19.8. The Morgan fingerprint density at radius 3 is 2.14 bits per heavy atom. The molecule has 5 nitrogen and oxygen atoms in total. The summed E-state index contributed by atoms with van der Waals surface area (Å²) in [5, 5.41) is 8.99. The molecule has 1 aliphatic rings. The number of amides is 1. The molecule has 1 heterocycles. The molecule has 188 valence electrons. The van der Waals surface area contributed by atoms with Gasteiger partial charge in [0.05, 0.1) is 5.56 Å². The SMILES string of the molecule is CN(C(=O)c1ccccc1-c1ccc(C(F)(F)F)cc1)c1ccc(N2CCC(CC(=O)O)CC2)cc1. The van der Waals surface area contributed by atoms with Gasteiger partial charge in [-0.2, -0.15) is 13.2 Å². The highest BCUT2D eigenvalue weighted by molar-refractivity contribution is 6.10. The van der Waals surface area contributed by atoms with Crippen LogP contribution in [-0.2, 0) is 11.0 Å². The normalized spacial score (nSPS) is 14.5. The van der Waals surface area contributed by atoms with Gasteiger partial charge in [0.25, 0.3) is 5.91 Å². The van der Waals surface area contributed by atoms with E-state index in [0.717, 1.165) is 43.8 Å². The maximum absolute atomic E-state index is 13.4. The third-order valence-electron chi connectivity index (χ3n) is 6.67. The first kappa shape index (κ1) is 25.3. The van der Waals surface area contributed by atoms with E-state index in [2.05, 4.69) is 4.90 Å². The summed E-state index contributed by atoms with van der Waals surface area (Å²) >= 11 is 0. The second-order valence-corrected chi connectivity index (χ2v) is 9.03. The molecular formula is C28H27F3N2O3. The lowest BCUT2D eigenvalue weighted by Crippen LogP contribution is -2.34. The van der Waals surface area contributed by atoms with Crippen molar-refractivity contribution in [3.63, 3.8) is 0 Å². The highest BCUT2D eigenvalue weighted by Gasteiger charge is 2.30. The van der Waals surface area contributed by atoms with Crippen molar-refractivity contribution in [2.75, 3.05) is 29.9 Å². The van der Waals surface area contributed by atoms with Gasteiger partial charge >= 0.3 is 12.1 Å². The van der Waals surface area contributed by atoms with Crippen LogP contribution >= 0.6 is 0 Å². The lowest BCUT2D eigenvalue weighted by atomic mass is 9.93. The number of rotatable bonds is 6. The van der Waals surface area contributed by atoms with Crippen LogP contribution in [0, 0.1) is 5.92 Å². The average Bonchev–Trinajstić information content (AvgIpc) is 2.88. The first-order valence-corrected chi connectivity index (χ1v) is 11.7. The maximum atomic E-state index is 13.4. The molecule has 1 saturated heterocycles. The van der Waals surface area contributed by atoms with Crippen LogP contribution in [0.2, 0.25) is 0 Å². The van der Waals surface area contributed by atoms with Crippen LogP contribution < -0.4 is 9.80 Å². The highest BCUT2D eigenvalue weighted by atomic mass is 19.4. The predicted molar refractivity (Wildman–Crippen MR) is 133 cm³/mol. The smallest absolute Gasteiger partial charge is 0.416 e. The van der Waals surface area contributed by atoms with E-state index < -0.39 is 17.7 Å². The number of carbonyl (C=O) groups excluding carboxylic acids is 1. The summed E-state index contributed by atoms with van der Waals surface area (Å²) in [5.41, 5.74) is 2.44. The summed E-state index contributed by atoms with van der Waals surface area (Å²) in [7, 11) is 1.66. The molecule has 3 aromatic rings. The molecular weight excluding hydrogens is 469 g/mol. The Hall–Kier alpha value is -3.81. The van der Waals surface area contributed by atoms with E-state index in [1.807, 2.05) is 24.3 Å². The number of hydrogen-bond donors (Lipinski definition) is 1. The van der Waals surface area contributed by atoms with Gasteiger partial charge in [0.15, 0.2) is 0 Å². The Balaban J connectivity index is 1.48. The number of carboxylic acid groups (broad SMARTS) is 1. The molecule has 0 radical (unpaired) electrons. The first-order valence-electron chi connectivity index (χ1n) is 11.7. The fraction of sp³-hybridized carbons (Fsp3) is 0.286. The largest absolute Gasteiger partial charge is 0.481 e. The van der Waals surface area contributed by atoms with Crippen molar-refractivity contribution in [2.24, 2.45) is 5.92 Å². The van der Waals surface area contributed by atoms with Crippen LogP contribution in [0.4, 0.5) is 24.5 Å². The summed E-state index contributed by atoms with van der Waals surface area (Å²) in [6.45, 7) is 1.57. The van der Waals surface area contributed by atoms with E-state index in [1.54, 1.807) is 31.3 Å². The molecule has 1 aliphatic heterocycles. The van der Waals surface area contributed by atoms with Gasteiger partial charge in [-0.05, 0) is 72.4 Å². The van der Waals surface area contributed by atoms with Gasteiger partial charge in [-0.3, -0.25) is 9.59 Å². The van der Waals surface area contributed by atoms with E-state index in [4.69, 9.17) is 5.11 Å². The zero-order chi connectivity index (χ0) is 25.9. The Bertz CT molecular complexity index is 1220. The number of anilines is 2. The van der Waals surface area contributed by atoms with Crippen molar-refractivity contribution in [3.05, 3.63) is 83.9 Å². The third kappa shape index (κ3) is 5.70. The Kier molecular flexibility index (Phi) is 7.33. The van der Waals surface area contributed by atoms with Crippen molar-refractivity contribution >= 4 is 23.3 Å². The van der Waals surface area contributed by atoms with Crippen molar-refractivity contribution in [3.8, 4) is 11.1 Å². The summed E-state index contributed by atoms with van der Waals surface area (Å²) in [6.07, 6.45) is -2.57. The van der Waals surface area contributed by atoms with Gasteiger partial charge < -0.3 is 14.9 Å². The topological polar surface area (TPSA) is 60.9 Å². The molecule has 0 bridgehead atoms. The number of benzene rings is 3. The maximum Gasteiger partial charge on any atom is 0.416 e. The molecule has 1 fully saturated rings. The van der Waals surface area contributed by atoms with E-state index >= 15 is 0 Å². The lowest BCUT2D eigenvalue weighted by molar-refractivity contribution is -0.138. The van der Waals surface area contributed by atoms with E-state index in [9.17, 15) is 22.8 Å². The minimum Gasteiger partial charge on any atom is -0.481 e. The quantitative estimate of drug-likeness (QED) is 0.433. The molecule has 0 aliphatic carbocycles. The number of piperidine rings is 1. The monoisotopic (exact) mass is 496 g/mol. The number of alkyl halides is 3. The molecule has 1 amide bonds. The molecule has 0 spiro atoms. The Morgan fingerprint density at radius 1 is 0.944 bits per heavy atom. The van der Waals surface area contributed by atoms with Crippen LogP contribution in [-0.4, -0.2) is 37.1 Å². The number of carbonyl (C=O) groups is 2. The Labute approximate surface area is 207 Å². The molecule has 8 heteroatoms. The predicted octanol–water partition coefficient (Wildman–Crippen LogP) is 6.34. The summed E-state index contributed by atoms with van der Waals surface area (Å²) < 4.78 is 38.8. The summed E-state index contributed by atoms with van der Waals surface area (Å²) in [5.74, 6) is -0.829.